The third kappa shape index (κ3) is 4.50. The van der Waals surface area contributed by atoms with E-state index in [1.165, 1.54) is 16.8 Å². The molecule has 0 unspecified atom stereocenters. The van der Waals surface area contributed by atoms with E-state index in [-0.39, 0.29) is 11.9 Å². The molecule has 1 atom stereocenters. The largest absolute Gasteiger partial charge is 0.493 e. The number of ether oxygens (including phenoxy) is 2. The molecule has 160 valence electrons. The zero-order chi connectivity index (χ0) is 21.8. The van der Waals surface area contributed by atoms with Gasteiger partial charge in [0.15, 0.2) is 11.5 Å². The average molecular weight is 417 g/mol. The van der Waals surface area contributed by atoms with Gasteiger partial charge >= 0.3 is 0 Å². The number of para-hydroxylation sites is 1. The molecule has 3 aromatic carbocycles. The molecule has 0 aliphatic carbocycles. The SMILES string of the molecule is COc1ccc([C@@H](C)NC(=O)c2ccc(CN3CCc4ccccc43)cc2)cc1OC. The molecule has 1 aliphatic heterocycles. The number of benzene rings is 3. The van der Waals surface area contributed by atoms with E-state index >= 15 is 0 Å². The number of fused-ring (bicyclic) bond motifs is 1. The van der Waals surface area contributed by atoms with Crippen LogP contribution in [0, 0.1) is 0 Å². The number of carbonyl (C=O) groups is 1. The molecular weight excluding hydrogens is 388 g/mol. The number of carbonyl (C=O) groups excluding carboxylic acids is 1. The fourth-order valence-electron chi connectivity index (χ4n) is 4.04. The van der Waals surface area contributed by atoms with Gasteiger partial charge in [0.1, 0.15) is 0 Å². The number of nitrogens with one attached hydrogen (secondary N) is 1. The number of anilines is 1. The van der Waals surface area contributed by atoms with Gasteiger partial charge in [-0.1, -0.05) is 36.4 Å². The Morgan fingerprint density at radius 2 is 1.74 bits per heavy atom. The summed E-state index contributed by atoms with van der Waals surface area (Å²) in [5.74, 6) is 1.22. The Hall–Kier alpha value is -3.47. The van der Waals surface area contributed by atoms with Crippen molar-refractivity contribution in [3.63, 3.8) is 0 Å². The first kappa shape index (κ1) is 20.8. The minimum absolute atomic E-state index is 0.0969. The number of rotatable bonds is 7. The Bertz CT molecular complexity index is 1060. The summed E-state index contributed by atoms with van der Waals surface area (Å²) in [6.45, 7) is 3.84. The Morgan fingerprint density at radius 1 is 1.00 bits per heavy atom. The lowest BCUT2D eigenvalue weighted by molar-refractivity contribution is 0.0940. The molecule has 0 spiro atoms. The molecule has 3 aromatic rings. The number of hydrogen-bond acceptors (Lipinski definition) is 4. The molecule has 1 aliphatic rings. The topological polar surface area (TPSA) is 50.8 Å². The molecule has 0 fully saturated rings. The Labute approximate surface area is 183 Å². The van der Waals surface area contributed by atoms with Gasteiger partial charge in [0.2, 0.25) is 0 Å². The molecule has 5 nitrogen and oxygen atoms in total. The molecule has 5 heteroatoms. The molecule has 4 rings (SSSR count). The molecular formula is C26H28N2O3. The van der Waals surface area contributed by atoms with Gasteiger partial charge in [-0.15, -0.1) is 0 Å². The van der Waals surface area contributed by atoms with Crippen molar-refractivity contribution >= 4 is 11.6 Å². The van der Waals surface area contributed by atoms with Crippen LogP contribution in [0.2, 0.25) is 0 Å². The highest BCUT2D eigenvalue weighted by Crippen LogP contribution is 2.30. The van der Waals surface area contributed by atoms with Crippen molar-refractivity contribution in [2.75, 3.05) is 25.7 Å². The van der Waals surface area contributed by atoms with E-state index in [9.17, 15) is 4.79 Å². The van der Waals surface area contributed by atoms with Crippen LogP contribution in [0.5, 0.6) is 11.5 Å². The first-order chi connectivity index (χ1) is 15.1. The molecule has 0 bridgehead atoms. The lowest BCUT2D eigenvalue weighted by atomic mass is 10.1. The first-order valence-electron chi connectivity index (χ1n) is 10.5. The normalized spacial score (nSPS) is 13.5. The minimum Gasteiger partial charge on any atom is -0.493 e. The predicted molar refractivity (Wildman–Crippen MR) is 123 cm³/mol. The van der Waals surface area contributed by atoms with Crippen LogP contribution >= 0.6 is 0 Å². The monoisotopic (exact) mass is 416 g/mol. The van der Waals surface area contributed by atoms with Gasteiger partial charge in [0.25, 0.3) is 5.91 Å². The van der Waals surface area contributed by atoms with E-state index in [1.54, 1.807) is 14.2 Å². The van der Waals surface area contributed by atoms with Crippen LogP contribution < -0.4 is 19.7 Å². The molecule has 1 amide bonds. The van der Waals surface area contributed by atoms with Crippen molar-refractivity contribution in [1.82, 2.24) is 5.32 Å². The molecule has 1 N–H and O–H groups in total. The van der Waals surface area contributed by atoms with Crippen LogP contribution in [-0.4, -0.2) is 26.7 Å². The van der Waals surface area contributed by atoms with Crippen LogP contribution in [0.3, 0.4) is 0 Å². The third-order valence-electron chi connectivity index (χ3n) is 5.83. The fourth-order valence-corrected chi connectivity index (χ4v) is 4.04. The van der Waals surface area contributed by atoms with Crippen LogP contribution in [0.25, 0.3) is 0 Å². The van der Waals surface area contributed by atoms with Crippen LogP contribution in [0.15, 0.2) is 66.7 Å². The summed E-state index contributed by atoms with van der Waals surface area (Å²) in [4.78, 5) is 15.1. The summed E-state index contributed by atoms with van der Waals surface area (Å²) >= 11 is 0. The Balaban J connectivity index is 1.39. The summed E-state index contributed by atoms with van der Waals surface area (Å²) in [6.07, 6.45) is 1.09. The first-order valence-corrected chi connectivity index (χ1v) is 10.5. The van der Waals surface area contributed by atoms with Gasteiger partial charge in [-0.05, 0) is 60.4 Å². The van der Waals surface area contributed by atoms with Crippen molar-refractivity contribution < 1.29 is 14.3 Å². The van der Waals surface area contributed by atoms with Gasteiger partial charge in [0, 0.05) is 24.3 Å². The second-order valence-corrected chi connectivity index (χ2v) is 7.81. The smallest absolute Gasteiger partial charge is 0.251 e. The highest BCUT2D eigenvalue weighted by Gasteiger charge is 2.19. The summed E-state index contributed by atoms with van der Waals surface area (Å²) in [7, 11) is 3.21. The summed E-state index contributed by atoms with van der Waals surface area (Å²) in [5, 5.41) is 3.06. The van der Waals surface area contributed by atoms with Crippen molar-refractivity contribution in [2.24, 2.45) is 0 Å². The zero-order valence-corrected chi connectivity index (χ0v) is 18.2. The van der Waals surface area contributed by atoms with E-state index in [0.717, 1.165) is 25.1 Å². The lowest BCUT2D eigenvalue weighted by Crippen LogP contribution is -2.26. The maximum Gasteiger partial charge on any atom is 0.251 e. The van der Waals surface area contributed by atoms with E-state index in [4.69, 9.17) is 9.47 Å². The molecule has 0 aromatic heterocycles. The van der Waals surface area contributed by atoms with Crippen molar-refractivity contribution in [2.45, 2.75) is 25.9 Å². The molecule has 0 saturated carbocycles. The number of amides is 1. The Morgan fingerprint density at radius 3 is 2.48 bits per heavy atom. The minimum atomic E-state index is -0.159. The van der Waals surface area contributed by atoms with Gasteiger partial charge in [-0.3, -0.25) is 4.79 Å². The van der Waals surface area contributed by atoms with E-state index < -0.39 is 0 Å². The van der Waals surface area contributed by atoms with Crippen LogP contribution in [0.1, 0.15) is 40.0 Å². The molecule has 1 heterocycles. The van der Waals surface area contributed by atoms with Gasteiger partial charge in [-0.2, -0.15) is 0 Å². The van der Waals surface area contributed by atoms with E-state index in [0.29, 0.717) is 17.1 Å². The standard InChI is InChI=1S/C26H28N2O3/c1-18(22-12-13-24(30-2)25(16-22)31-3)27-26(29)21-10-8-19(9-11-21)17-28-15-14-20-6-4-5-7-23(20)28/h4-13,16,18H,14-15,17H2,1-3H3,(H,27,29)/t18-/m1/s1. The number of methoxy groups -OCH3 is 2. The summed E-state index contributed by atoms with van der Waals surface area (Å²) in [6, 6.07) is 21.9. The summed E-state index contributed by atoms with van der Waals surface area (Å²) in [5.41, 5.74) is 5.52. The second kappa shape index (κ2) is 9.13. The van der Waals surface area contributed by atoms with Crippen LogP contribution in [-0.2, 0) is 13.0 Å². The fraction of sp³-hybridized carbons (Fsp3) is 0.269. The maximum atomic E-state index is 12.7. The summed E-state index contributed by atoms with van der Waals surface area (Å²) < 4.78 is 10.6. The zero-order valence-electron chi connectivity index (χ0n) is 18.2. The van der Waals surface area contributed by atoms with Crippen molar-refractivity contribution in [3.05, 3.63) is 89.0 Å². The molecule has 31 heavy (non-hydrogen) atoms. The molecule has 0 saturated heterocycles. The van der Waals surface area contributed by atoms with Crippen molar-refractivity contribution in [1.29, 1.82) is 0 Å². The quantitative estimate of drug-likeness (QED) is 0.604. The number of hydrogen-bond donors (Lipinski definition) is 1. The number of nitrogens with zero attached hydrogens (tertiary/aromatic N) is 1. The van der Waals surface area contributed by atoms with Gasteiger partial charge < -0.3 is 19.7 Å². The average Bonchev–Trinajstić information content (AvgIpc) is 3.21. The van der Waals surface area contributed by atoms with E-state index in [2.05, 4.69) is 34.5 Å². The lowest BCUT2D eigenvalue weighted by Gasteiger charge is -2.20. The highest BCUT2D eigenvalue weighted by atomic mass is 16.5. The van der Waals surface area contributed by atoms with Gasteiger partial charge in [0.05, 0.1) is 20.3 Å². The van der Waals surface area contributed by atoms with Crippen molar-refractivity contribution in [3.8, 4) is 11.5 Å². The van der Waals surface area contributed by atoms with Crippen LogP contribution in [0.4, 0.5) is 5.69 Å². The Kier molecular flexibility index (Phi) is 6.12. The maximum absolute atomic E-state index is 12.7. The predicted octanol–water partition coefficient (Wildman–Crippen LogP) is 4.76. The highest BCUT2D eigenvalue weighted by molar-refractivity contribution is 5.94. The van der Waals surface area contributed by atoms with E-state index in [1.807, 2.05) is 49.4 Å². The third-order valence-corrected chi connectivity index (χ3v) is 5.83. The van der Waals surface area contributed by atoms with Gasteiger partial charge in [-0.25, -0.2) is 0 Å². The molecule has 0 radical (unpaired) electrons. The second-order valence-electron chi connectivity index (χ2n) is 7.81.